The van der Waals surface area contributed by atoms with Gasteiger partial charge in [-0.1, -0.05) is 12.1 Å². The molecule has 2 aliphatic heterocycles. The molecule has 28 heavy (non-hydrogen) atoms. The molecule has 0 bridgehead atoms. The highest BCUT2D eigenvalue weighted by atomic mass is 16.5. The fourth-order valence-corrected chi connectivity index (χ4v) is 4.36. The topological polar surface area (TPSA) is 87.7 Å². The number of rotatable bonds is 3. The maximum Gasteiger partial charge on any atom is 0.271 e. The number of nitrogens with zero attached hydrogens (tertiary/aromatic N) is 2. The van der Waals surface area contributed by atoms with E-state index in [1.54, 1.807) is 13.2 Å². The Morgan fingerprint density at radius 2 is 2.04 bits per heavy atom. The zero-order valence-corrected chi connectivity index (χ0v) is 16.4. The van der Waals surface area contributed by atoms with Gasteiger partial charge in [0.15, 0.2) is 0 Å². The van der Waals surface area contributed by atoms with Crippen LogP contribution in [-0.2, 0) is 4.74 Å². The van der Waals surface area contributed by atoms with Crippen LogP contribution < -0.4 is 4.74 Å². The summed E-state index contributed by atoms with van der Waals surface area (Å²) in [5, 5.41) is 17.6. The Morgan fingerprint density at radius 1 is 1.29 bits per heavy atom. The van der Waals surface area contributed by atoms with Gasteiger partial charge in [0.1, 0.15) is 11.4 Å². The summed E-state index contributed by atoms with van der Waals surface area (Å²) in [6, 6.07) is 9.37. The number of likely N-dealkylation sites (tertiary alicyclic amines) is 1. The monoisotopic (exact) mass is 385 g/mol. The van der Waals surface area contributed by atoms with Gasteiger partial charge in [-0.3, -0.25) is 9.89 Å². The lowest BCUT2D eigenvalue weighted by molar-refractivity contribution is -0.170. The first kappa shape index (κ1) is 19.0. The zero-order valence-electron chi connectivity index (χ0n) is 16.4. The van der Waals surface area contributed by atoms with Gasteiger partial charge in [0.25, 0.3) is 5.91 Å². The van der Waals surface area contributed by atoms with Crippen LogP contribution in [0.15, 0.2) is 30.3 Å². The van der Waals surface area contributed by atoms with Crippen molar-refractivity contribution in [3.8, 4) is 17.0 Å². The molecular formula is C21H27N3O4. The molecule has 7 nitrogen and oxygen atoms in total. The molecule has 3 heterocycles. The molecule has 150 valence electrons. The summed E-state index contributed by atoms with van der Waals surface area (Å²) >= 11 is 0. The summed E-state index contributed by atoms with van der Waals surface area (Å²) in [5.74, 6) is 0.653. The average molecular weight is 385 g/mol. The van der Waals surface area contributed by atoms with Crippen LogP contribution in [0.4, 0.5) is 0 Å². The Morgan fingerprint density at radius 3 is 2.75 bits per heavy atom. The molecule has 2 aromatic rings. The quantitative estimate of drug-likeness (QED) is 0.848. The molecule has 1 unspecified atom stereocenters. The van der Waals surface area contributed by atoms with Crippen molar-refractivity contribution >= 4 is 5.91 Å². The maximum atomic E-state index is 12.9. The molecule has 1 aromatic heterocycles. The van der Waals surface area contributed by atoms with Crippen LogP contribution in [0.5, 0.6) is 5.75 Å². The van der Waals surface area contributed by atoms with Gasteiger partial charge >= 0.3 is 0 Å². The van der Waals surface area contributed by atoms with E-state index in [2.05, 4.69) is 10.2 Å². The Kier molecular flexibility index (Phi) is 4.89. The van der Waals surface area contributed by atoms with Crippen LogP contribution in [0.3, 0.4) is 0 Å². The van der Waals surface area contributed by atoms with Crippen LogP contribution in [0.1, 0.15) is 43.1 Å². The number of para-hydroxylation sites is 1. The van der Waals surface area contributed by atoms with E-state index in [-0.39, 0.29) is 11.5 Å². The summed E-state index contributed by atoms with van der Waals surface area (Å²) in [7, 11) is 1.62. The Labute approximate surface area is 164 Å². The van der Waals surface area contributed by atoms with Gasteiger partial charge in [0.05, 0.1) is 30.6 Å². The fourth-order valence-electron chi connectivity index (χ4n) is 4.36. The van der Waals surface area contributed by atoms with Crippen LogP contribution in [0, 0.1) is 0 Å². The SMILES string of the molecule is COc1ccccc1-c1cc(C(=O)N2CCC3(CC2)CC(C)(O)CCO3)[nH]n1. The zero-order chi connectivity index (χ0) is 19.8. The first-order valence-corrected chi connectivity index (χ1v) is 9.76. The molecule has 2 fully saturated rings. The number of ether oxygens (including phenoxy) is 2. The van der Waals surface area contributed by atoms with Gasteiger partial charge in [-0.05, 0) is 44.4 Å². The summed E-state index contributed by atoms with van der Waals surface area (Å²) in [5.41, 5.74) is 0.997. The first-order valence-electron chi connectivity index (χ1n) is 9.76. The van der Waals surface area contributed by atoms with Crippen molar-refractivity contribution in [3.63, 3.8) is 0 Å². The molecule has 2 aliphatic rings. The predicted octanol–water partition coefficient (Wildman–Crippen LogP) is 2.62. The number of hydrogen-bond donors (Lipinski definition) is 2. The average Bonchev–Trinajstić information content (AvgIpc) is 3.17. The van der Waals surface area contributed by atoms with Gasteiger partial charge in [0.2, 0.25) is 0 Å². The number of carbonyl (C=O) groups is 1. The van der Waals surface area contributed by atoms with Crippen molar-refractivity contribution in [1.29, 1.82) is 0 Å². The number of hydrogen-bond acceptors (Lipinski definition) is 5. The normalized spacial score (nSPS) is 24.3. The second-order valence-electron chi connectivity index (χ2n) is 8.11. The third-order valence-electron chi connectivity index (χ3n) is 5.90. The van der Waals surface area contributed by atoms with Crippen molar-refractivity contribution < 1.29 is 19.4 Å². The van der Waals surface area contributed by atoms with Gasteiger partial charge in [-0.2, -0.15) is 5.10 Å². The third-order valence-corrected chi connectivity index (χ3v) is 5.90. The van der Waals surface area contributed by atoms with Gasteiger partial charge in [-0.15, -0.1) is 0 Å². The van der Waals surface area contributed by atoms with E-state index in [0.717, 1.165) is 24.2 Å². The Bertz CT molecular complexity index is 853. The molecule has 0 saturated carbocycles. The summed E-state index contributed by atoms with van der Waals surface area (Å²) in [6.07, 6.45) is 2.77. The van der Waals surface area contributed by atoms with Crippen LogP contribution >= 0.6 is 0 Å². The van der Waals surface area contributed by atoms with Crippen molar-refractivity contribution in [3.05, 3.63) is 36.0 Å². The predicted molar refractivity (Wildman–Crippen MR) is 104 cm³/mol. The number of carbonyl (C=O) groups excluding carboxylic acids is 1. The smallest absolute Gasteiger partial charge is 0.271 e. The van der Waals surface area contributed by atoms with Gasteiger partial charge in [0, 0.05) is 25.1 Å². The summed E-state index contributed by atoms with van der Waals surface area (Å²) < 4.78 is 11.4. The standard InChI is InChI=1S/C21H27N3O4/c1-20(26)9-12-28-21(14-20)7-10-24(11-8-21)19(25)17-13-16(22-23-17)15-5-3-4-6-18(15)27-2/h3-6,13,26H,7-12,14H2,1-2H3,(H,22,23). The van der Waals surface area contributed by atoms with Crippen molar-refractivity contribution in [2.24, 2.45) is 0 Å². The van der Waals surface area contributed by atoms with Crippen molar-refractivity contribution in [2.45, 2.75) is 43.8 Å². The van der Waals surface area contributed by atoms with Crippen LogP contribution in [0.2, 0.25) is 0 Å². The minimum Gasteiger partial charge on any atom is -0.496 e. The van der Waals surface area contributed by atoms with Gasteiger partial charge < -0.3 is 19.5 Å². The van der Waals surface area contributed by atoms with E-state index in [1.807, 2.05) is 36.1 Å². The van der Waals surface area contributed by atoms with Gasteiger partial charge in [-0.25, -0.2) is 0 Å². The Balaban J connectivity index is 1.44. The van der Waals surface area contributed by atoms with Crippen LogP contribution in [0.25, 0.3) is 11.3 Å². The molecule has 0 aliphatic carbocycles. The highest BCUT2D eigenvalue weighted by Crippen LogP contribution is 2.39. The fraction of sp³-hybridized carbons (Fsp3) is 0.524. The first-order chi connectivity index (χ1) is 13.4. The lowest BCUT2D eigenvalue weighted by Crippen LogP contribution is -2.54. The number of aliphatic hydroxyl groups is 1. The molecular weight excluding hydrogens is 358 g/mol. The molecule has 1 atom stereocenters. The van der Waals surface area contributed by atoms with E-state index >= 15 is 0 Å². The number of benzene rings is 1. The molecule has 2 N–H and O–H groups in total. The lowest BCUT2D eigenvalue weighted by Gasteiger charge is -2.48. The number of aromatic amines is 1. The molecule has 2 saturated heterocycles. The second kappa shape index (κ2) is 7.22. The highest BCUT2D eigenvalue weighted by molar-refractivity contribution is 5.93. The van der Waals surface area contributed by atoms with E-state index < -0.39 is 5.60 Å². The maximum absolute atomic E-state index is 12.9. The number of amides is 1. The number of aromatic nitrogens is 2. The lowest BCUT2D eigenvalue weighted by atomic mass is 9.78. The summed E-state index contributed by atoms with van der Waals surface area (Å²) in [4.78, 5) is 14.8. The second-order valence-corrected chi connectivity index (χ2v) is 8.11. The summed E-state index contributed by atoms with van der Waals surface area (Å²) in [6.45, 7) is 3.67. The number of H-pyrrole nitrogens is 1. The molecule has 0 radical (unpaired) electrons. The number of nitrogens with one attached hydrogen (secondary N) is 1. The Hall–Kier alpha value is -2.38. The molecule has 1 amide bonds. The number of piperidine rings is 1. The minimum atomic E-state index is -0.683. The van der Waals surface area contributed by atoms with Crippen LogP contribution in [-0.4, -0.2) is 64.1 Å². The van der Waals surface area contributed by atoms with E-state index in [9.17, 15) is 9.90 Å². The van der Waals surface area contributed by atoms with Crippen molar-refractivity contribution in [2.75, 3.05) is 26.8 Å². The third kappa shape index (κ3) is 3.64. The molecule has 4 rings (SSSR count). The number of methoxy groups -OCH3 is 1. The minimum absolute atomic E-state index is 0.0638. The van der Waals surface area contributed by atoms with E-state index in [4.69, 9.17) is 9.47 Å². The van der Waals surface area contributed by atoms with Crippen molar-refractivity contribution in [1.82, 2.24) is 15.1 Å². The highest BCUT2D eigenvalue weighted by Gasteiger charge is 2.45. The van der Waals surface area contributed by atoms with E-state index in [0.29, 0.717) is 43.9 Å². The molecule has 7 heteroatoms. The molecule has 1 spiro atoms. The largest absolute Gasteiger partial charge is 0.496 e. The molecule has 1 aromatic carbocycles. The van der Waals surface area contributed by atoms with E-state index in [1.165, 1.54) is 0 Å².